The summed E-state index contributed by atoms with van der Waals surface area (Å²) in [4.78, 5) is 26.0. The van der Waals surface area contributed by atoms with E-state index in [1.54, 1.807) is 27.9 Å². The van der Waals surface area contributed by atoms with Crippen LogP contribution in [-0.4, -0.2) is 47.9 Å². The van der Waals surface area contributed by atoms with E-state index in [1.807, 2.05) is 48.5 Å². The molecule has 1 amide bonds. The Morgan fingerprint density at radius 1 is 1.03 bits per heavy atom. The highest BCUT2D eigenvalue weighted by Crippen LogP contribution is 2.37. The third kappa shape index (κ3) is 4.82. The lowest BCUT2D eigenvalue weighted by molar-refractivity contribution is -0.132. The molecule has 1 heterocycles. The Kier molecular flexibility index (Phi) is 6.15. The molecule has 0 aliphatic carbocycles. The average Bonchev–Trinajstić information content (AvgIpc) is 2.72. The number of methoxy groups -OCH3 is 1. The topological polar surface area (TPSA) is 76.1 Å². The van der Waals surface area contributed by atoms with Gasteiger partial charge in [-0.15, -0.1) is 0 Å². The highest BCUT2D eigenvalue weighted by atomic mass is 16.6. The van der Waals surface area contributed by atoms with Gasteiger partial charge in [-0.25, -0.2) is 9.59 Å². The summed E-state index contributed by atoms with van der Waals surface area (Å²) in [7, 11) is 1.57. The van der Waals surface area contributed by atoms with Crippen molar-refractivity contribution in [3.8, 4) is 16.9 Å². The molecule has 0 fully saturated rings. The lowest BCUT2D eigenvalue weighted by Crippen LogP contribution is -2.41. The molecule has 0 radical (unpaired) electrons. The second-order valence-corrected chi connectivity index (χ2v) is 8.20. The van der Waals surface area contributed by atoms with Crippen LogP contribution in [-0.2, 0) is 9.53 Å². The van der Waals surface area contributed by atoms with Crippen LogP contribution in [0.25, 0.3) is 16.7 Å². The van der Waals surface area contributed by atoms with E-state index in [0.29, 0.717) is 24.3 Å². The van der Waals surface area contributed by atoms with Crippen LogP contribution in [0.5, 0.6) is 5.75 Å². The number of aliphatic carboxylic acids is 1. The van der Waals surface area contributed by atoms with Crippen LogP contribution >= 0.6 is 0 Å². The zero-order valence-electron chi connectivity index (χ0n) is 17.8. The van der Waals surface area contributed by atoms with Gasteiger partial charge in [0.2, 0.25) is 0 Å². The average molecular weight is 409 g/mol. The maximum atomic E-state index is 12.5. The Hall–Kier alpha value is -3.28. The summed E-state index contributed by atoms with van der Waals surface area (Å²) in [6, 6.07) is 15.6. The number of carboxylic acid groups (broad SMARTS) is 1. The van der Waals surface area contributed by atoms with Gasteiger partial charge in [0, 0.05) is 12.1 Å². The summed E-state index contributed by atoms with van der Waals surface area (Å²) >= 11 is 0. The second-order valence-electron chi connectivity index (χ2n) is 8.20. The van der Waals surface area contributed by atoms with Gasteiger partial charge in [-0.05, 0) is 56.0 Å². The van der Waals surface area contributed by atoms with Crippen molar-refractivity contribution in [2.75, 3.05) is 20.2 Å². The lowest BCUT2D eigenvalue weighted by atomic mass is 9.90. The van der Waals surface area contributed by atoms with Crippen molar-refractivity contribution in [3.05, 3.63) is 59.7 Å². The normalized spacial score (nSPS) is 14.5. The van der Waals surface area contributed by atoms with E-state index in [-0.39, 0.29) is 12.1 Å². The van der Waals surface area contributed by atoms with Gasteiger partial charge in [-0.2, -0.15) is 0 Å². The first-order valence-electron chi connectivity index (χ1n) is 9.86. The van der Waals surface area contributed by atoms with Crippen LogP contribution in [0.3, 0.4) is 0 Å². The van der Waals surface area contributed by atoms with Crippen LogP contribution < -0.4 is 4.74 Å². The molecule has 3 rings (SSSR count). The molecule has 0 spiro atoms. The summed E-state index contributed by atoms with van der Waals surface area (Å²) in [5.41, 5.74) is 2.95. The van der Waals surface area contributed by atoms with Crippen molar-refractivity contribution in [2.45, 2.75) is 32.8 Å². The third-order valence-corrected chi connectivity index (χ3v) is 4.89. The van der Waals surface area contributed by atoms with Crippen molar-refractivity contribution in [1.29, 1.82) is 0 Å². The van der Waals surface area contributed by atoms with E-state index < -0.39 is 17.7 Å². The van der Waals surface area contributed by atoms with Gasteiger partial charge < -0.3 is 19.5 Å². The third-order valence-electron chi connectivity index (χ3n) is 4.89. The number of carbonyl (C=O) groups is 2. The number of rotatable bonds is 4. The first kappa shape index (κ1) is 21.4. The molecule has 1 N–H and O–H groups in total. The van der Waals surface area contributed by atoms with Gasteiger partial charge in [0.15, 0.2) is 0 Å². The number of nitrogens with zero attached hydrogens (tertiary/aromatic N) is 1. The standard InChI is InChI=1S/C24H27NO5/c1-24(2,3)30-23(28)25-13-12-18(20(15-25)22(26)27)19-14-17(10-11-21(19)29-4)16-8-6-5-7-9-16/h5-11,14H,12-13,15H2,1-4H3,(H,26,27). The zero-order chi connectivity index (χ0) is 21.9. The molecular formula is C24H27NO5. The number of carboxylic acids is 1. The zero-order valence-corrected chi connectivity index (χ0v) is 17.8. The minimum absolute atomic E-state index is 0.0156. The van der Waals surface area contributed by atoms with Gasteiger partial charge in [0.25, 0.3) is 0 Å². The highest BCUT2D eigenvalue weighted by molar-refractivity contribution is 5.99. The van der Waals surface area contributed by atoms with Crippen molar-refractivity contribution in [3.63, 3.8) is 0 Å². The molecule has 0 aromatic heterocycles. The minimum Gasteiger partial charge on any atom is -0.496 e. The predicted octanol–water partition coefficient (Wildman–Crippen LogP) is 4.84. The Balaban J connectivity index is 2.01. The lowest BCUT2D eigenvalue weighted by Gasteiger charge is -2.32. The predicted molar refractivity (Wildman–Crippen MR) is 115 cm³/mol. The summed E-state index contributed by atoms with van der Waals surface area (Å²) in [5.74, 6) is -0.445. The van der Waals surface area contributed by atoms with Crippen LogP contribution in [0.2, 0.25) is 0 Å². The molecule has 1 aliphatic rings. The van der Waals surface area contributed by atoms with Crippen LogP contribution in [0.15, 0.2) is 54.1 Å². The first-order valence-corrected chi connectivity index (χ1v) is 9.86. The molecule has 0 atom stereocenters. The molecule has 6 nitrogen and oxygen atoms in total. The number of carbonyl (C=O) groups excluding carboxylic acids is 1. The molecule has 0 saturated carbocycles. The van der Waals surface area contributed by atoms with Gasteiger partial charge >= 0.3 is 12.1 Å². The van der Waals surface area contributed by atoms with Gasteiger partial charge in [-0.3, -0.25) is 0 Å². The molecule has 6 heteroatoms. The number of hydrogen-bond acceptors (Lipinski definition) is 4. The van der Waals surface area contributed by atoms with E-state index in [4.69, 9.17) is 9.47 Å². The summed E-state index contributed by atoms with van der Waals surface area (Å²) in [6.45, 7) is 5.72. The maximum absolute atomic E-state index is 12.5. The van der Waals surface area contributed by atoms with Crippen molar-refractivity contribution in [2.24, 2.45) is 0 Å². The van der Waals surface area contributed by atoms with Crippen molar-refractivity contribution < 1.29 is 24.2 Å². The second kappa shape index (κ2) is 8.61. The van der Waals surface area contributed by atoms with Crippen LogP contribution in [0.4, 0.5) is 4.79 Å². The van der Waals surface area contributed by atoms with Gasteiger partial charge in [-0.1, -0.05) is 36.4 Å². The molecule has 0 saturated heterocycles. The molecule has 0 unspecified atom stereocenters. The maximum Gasteiger partial charge on any atom is 0.410 e. The Morgan fingerprint density at radius 2 is 1.73 bits per heavy atom. The van der Waals surface area contributed by atoms with E-state index in [2.05, 4.69) is 0 Å². The van der Waals surface area contributed by atoms with Crippen molar-refractivity contribution >= 4 is 17.6 Å². The van der Waals surface area contributed by atoms with E-state index in [9.17, 15) is 14.7 Å². The monoisotopic (exact) mass is 409 g/mol. The van der Waals surface area contributed by atoms with E-state index in [0.717, 1.165) is 16.7 Å². The van der Waals surface area contributed by atoms with Crippen LogP contribution in [0.1, 0.15) is 32.8 Å². The molecule has 1 aliphatic heterocycles. The Bertz CT molecular complexity index is 973. The quantitative estimate of drug-likeness (QED) is 0.782. The fourth-order valence-electron chi connectivity index (χ4n) is 3.49. The Labute approximate surface area is 176 Å². The molecule has 2 aromatic rings. The number of amides is 1. The molecular weight excluding hydrogens is 382 g/mol. The summed E-state index contributed by atoms with van der Waals surface area (Å²) in [5, 5.41) is 9.87. The molecule has 0 bridgehead atoms. The number of benzene rings is 2. The van der Waals surface area contributed by atoms with E-state index >= 15 is 0 Å². The molecule has 158 valence electrons. The summed E-state index contributed by atoms with van der Waals surface area (Å²) in [6.07, 6.45) is -0.111. The molecule has 30 heavy (non-hydrogen) atoms. The molecule has 2 aromatic carbocycles. The van der Waals surface area contributed by atoms with Crippen LogP contribution in [0, 0.1) is 0 Å². The number of ether oxygens (including phenoxy) is 2. The largest absolute Gasteiger partial charge is 0.496 e. The van der Waals surface area contributed by atoms with Crippen molar-refractivity contribution in [1.82, 2.24) is 4.90 Å². The first-order chi connectivity index (χ1) is 14.2. The fourth-order valence-corrected chi connectivity index (χ4v) is 3.49. The highest BCUT2D eigenvalue weighted by Gasteiger charge is 2.31. The Morgan fingerprint density at radius 3 is 2.33 bits per heavy atom. The van der Waals surface area contributed by atoms with Gasteiger partial charge in [0.05, 0.1) is 19.2 Å². The minimum atomic E-state index is -1.05. The smallest absolute Gasteiger partial charge is 0.410 e. The SMILES string of the molecule is COc1ccc(-c2ccccc2)cc1C1=C(C(=O)O)CN(C(=O)OC(C)(C)C)CC1. The summed E-state index contributed by atoms with van der Waals surface area (Å²) < 4.78 is 10.9. The number of hydrogen-bond donors (Lipinski definition) is 1. The van der Waals surface area contributed by atoms with E-state index in [1.165, 1.54) is 4.90 Å². The van der Waals surface area contributed by atoms with Gasteiger partial charge in [0.1, 0.15) is 11.4 Å². The fraction of sp³-hybridized carbons (Fsp3) is 0.333.